The van der Waals surface area contributed by atoms with Crippen LogP contribution in [0.15, 0.2) is 30.5 Å². The Balaban J connectivity index is 2.14. The highest BCUT2D eigenvalue weighted by molar-refractivity contribution is 5.91. The number of aromatic amines is 1. The van der Waals surface area contributed by atoms with Gasteiger partial charge >= 0.3 is 5.97 Å². The first-order chi connectivity index (χ1) is 10.9. The first-order valence-electron chi connectivity index (χ1n) is 6.83. The van der Waals surface area contributed by atoms with Crippen LogP contribution >= 0.6 is 0 Å². The molecule has 0 aliphatic heterocycles. The molecule has 0 saturated heterocycles. The van der Waals surface area contributed by atoms with Crippen LogP contribution in [-0.2, 0) is 4.74 Å². The topological polar surface area (TPSA) is 117 Å². The number of H-pyrrole nitrogens is 1. The van der Waals surface area contributed by atoms with E-state index in [1.165, 1.54) is 6.20 Å². The summed E-state index contributed by atoms with van der Waals surface area (Å²) in [6.45, 7) is 5.42. The van der Waals surface area contributed by atoms with Crippen molar-refractivity contribution in [3.63, 3.8) is 0 Å². The molecule has 118 valence electrons. The van der Waals surface area contributed by atoms with E-state index in [0.717, 1.165) is 0 Å². The molecule has 0 amide bonds. The highest BCUT2D eigenvalue weighted by Gasteiger charge is 2.17. The molecule has 0 aliphatic carbocycles. The highest BCUT2D eigenvalue weighted by atomic mass is 16.6. The van der Waals surface area contributed by atoms with E-state index in [9.17, 15) is 4.79 Å². The molecule has 0 spiro atoms. The van der Waals surface area contributed by atoms with Crippen molar-refractivity contribution in [1.29, 1.82) is 5.26 Å². The summed E-state index contributed by atoms with van der Waals surface area (Å²) >= 11 is 0. The zero-order chi connectivity index (χ0) is 16.9. The molecule has 0 atom stereocenters. The van der Waals surface area contributed by atoms with Crippen LogP contribution in [0.5, 0.6) is 0 Å². The zero-order valence-corrected chi connectivity index (χ0v) is 13.0. The number of nitrogens with zero attached hydrogens (tertiary/aromatic N) is 4. The summed E-state index contributed by atoms with van der Waals surface area (Å²) < 4.78 is 5.32. The SMILES string of the molecule is CC(C)(C)OC(=O)c1cccc(NC=C(C#N)c2nn[nH]n2)c1. The number of aromatic nitrogens is 4. The summed E-state index contributed by atoms with van der Waals surface area (Å²) in [5, 5.41) is 25.2. The lowest BCUT2D eigenvalue weighted by Crippen LogP contribution is -2.23. The summed E-state index contributed by atoms with van der Waals surface area (Å²) in [7, 11) is 0. The van der Waals surface area contributed by atoms with Gasteiger partial charge in [0.05, 0.1) is 5.56 Å². The van der Waals surface area contributed by atoms with Crippen LogP contribution in [0, 0.1) is 11.3 Å². The number of anilines is 1. The molecule has 2 aromatic rings. The smallest absolute Gasteiger partial charge is 0.338 e. The third-order valence-corrected chi connectivity index (χ3v) is 2.59. The molecule has 8 heteroatoms. The van der Waals surface area contributed by atoms with Gasteiger partial charge in [-0.1, -0.05) is 6.07 Å². The molecule has 1 aromatic heterocycles. The minimum absolute atomic E-state index is 0.184. The Morgan fingerprint density at radius 2 is 2.22 bits per heavy atom. The number of benzene rings is 1. The number of nitriles is 1. The average Bonchev–Trinajstić information content (AvgIpc) is 3.01. The van der Waals surface area contributed by atoms with Crippen molar-refractivity contribution in [2.45, 2.75) is 26.4 Å². The molecular formula is C15H16N6O2. The standard InChI is InChI=1S/C15H16N6O2/c1-15(2,3)23-14(22)10-5-4-6-12(7-10)17-9-11(8-16)13-18-20-21-19-13/h4-7,9,17H,1-3H3,(H,18,19,20,21). The van der Waals surface area contributed by atoms with Crippen molar-refractivity contribution in [3.8, 4) is 6.07 Å². The van der Waals surface area contributed by atoms with E-state index >= 15 is 0 Å². The van der Waals surface area contributed by atoms with Crippen molar-refractivity contribution in [1.82, 2.24) is 20.6 Å². The van der Waals surface area contributed by atoms with Crippen molar-refractivity contribution in [2.24, 2.45) is 0 Å². The summed E-state index contributed by atoms with van der Waals surface area (Å²) in [6, 6.07) is 8.74. The molecule has 1 heterocycles. The van der Waals surface area contributed by atoms with Gasteiger partial charge in [0.15, 0.2) is 0 Å². The molecule has 8 nitrogen and oxygen atoms in total. The number of tetrazole rings is 1. The molecule has 2 rings (SSSR count). The minimum Gasteiger partial charge on any atom is -0.456 e. The van der Waals surface area contributed by atoms with Crippen molar-refractivity contribution in [2.75, 3.05) is 5.32 Å². The molecule has 0 unspecified atom stereocenters. The van der Waals surface area contributed by atoms with E-state index in [1.54, 1.807) is 45.0 Å². The predicted molar refractivity (Wildman–Crippen MR) is 83.0 cm³/mol. The molecule has 2 N–H and O–H groups in total. The molecule has 23 heavy (non-hydrogen) atoms. The summed E-state index contributed by atoms with van der Waals surface area (Å²) in [5.74, 6) is -0.230. The first-order valence-corrected chi connectivity index (χ1v) is 6.83. The predicted octanol–water partition coefficient (Wildman–Crippen LogP) is 2.13. The number of carbonyl (C=O) groups excluding carboxylic acids is 1. The Bertz CT molecular complexity index is 753. The van der Waals surface area contributed by atoms with Gasteiger partial charge in [-0.2, -0.15) is 10.5 Å². The number of allylic oxidation sites excluding steroid dienone is 1. The maximum absolute atomic E-state index is 12.0. The molecule has 0 fully saturated rings. The fraction of sp³-hybridized carbons (Fsp3) is 0.267. The third kappa shape index (κ3) is 4.64. The summed E-state index contributed by atoms with van der Waals surface area (Å²) in [4.78, 5) is 12.0. The van der Waals surface area contributed by atoms with Crippen LogP contribution in [0.4, 0.5) is 5.69 Å². The third-order valence-electron chi connectivity index (χ3n) is 2.59. The number of rotatable bonds is 4. The van der Waals surface area contributed by atoms with E-state index < -0.39 is 11.6 Å². The van der Waals surface area contributed by atoms with E-state index in [1.807, 2.05) is 6.07 Å². The number of esters is 1. The zero-order valence-electron chi connectivity index (χ0n) is 13.0. The van der Waals surface area contributed by atoms with Crippen LogP contribution in [0.25, 0.3) is 5.57 Å². The van der Waals surface area contributed by atoms with Crippen LogP contribution in [0.2, 0.25) is 0 Å². The van der Waals surface area contributed by atoms with Gasteiger partial charge in [-0.25, -0.2) is 4.79 Å². The number of hydrogen-bond acceptors (Lipinski definition) is 7. The quantitative estimate of drug-likeness (QED) is 0.656. The lowest BCUT2D eigenvalue weighted by molar-refractivity contribution is 0.00696. The monoisotopic (exact) mass is 312 g/mol. The van der Waals surface area contributed by atoms with E-state index in [0.29, 0.717) is 11.3 Å². The summed E-state index contributed by atoms with van der Waals surface area (Å²) in [5.41, 5.74) is 0.690. The van der Waals surface area contributed by atoms with Gasteiger partial charge in [0.2, 0.25) is 5.82 Å². The average molecular weight is 312 g/mol. The lowest BCUT2D eigenvalue weighted by Gasteiger charge is -2.19. The second-order valence-corrected chi connectivity index (χ2v) is 5.63. The van der Waals surface area contributed by atoms with Gasteiger partial charge in [0.1, 0.15) is 17.2 Å². The van der Waals surface area contributed by atoms with Gasteiger partial charge in [-0.15, -0.1) is 10.2 Å². The van der Waals surface area contributed by atoms with Gasteiger partial charge < -0.3 is 10.1 Å². The Morgan fingerprint density at radius 3 is 2.83 bits per heavy atom. The van der Waals surface area contributed by atoms with Gasteiger partial charge in [-0.05, 0) is 44.2 Å². The number of ether oxygens (including phenoxy) is 1. The second kappa shape index (κ2) is 6.70. The van der Waals surface area contributed by atoms with Crippen LogP contribution in [-0.4, -0.2) is 32.2 Å². The van der Waals surface area contributed by atoms with Gasteiger partial charge in [-0.3, -0.25) is 0 Å². The maximum Gasteiger partial charge on any atom is 0.338 e. The molecule has 1 aromatic carbocycles. The van der Waals surface area contributed by atoms with Crippen molar-refractivity contribution < 1.29 is 9.53 Å². The fourth-order valence-corrected chi connectivity index (χ4v) is 1.65. The van der Waals surface area contributed by atoms with E-state index in [4.69, 9.17) is 10.00 Å². The lowest BCUT2D eigenvalue weighted by atomic mass is 10.1. The molecule has 0 aliphatic rings. The van der Waals surface area contributed by atoms with E-state index in [-0.39, 0.29) is 11.4 Å². The second-order valence-electron chi connectivity index (χ2n) is 5.63. The maximum atomic E-state index is 12.0. The Labute approximate surface area is 133 Å². The molecule has 0 radical (unpaired) electrons. The van der Waals surface area contributed by atoms with Gasteiger partial charge in [0, 0.05) is 11.9 Å². The Hall–Kier alpha value is -3.21. The number of hydrogen-bond donors (Lipinski definition) is 2. The van der Waals surface area contributed by atoms with Crippen molar-refractivity contribution in [3.05, 3.63) is 41.9 Å². The molecular weight excluding hydrogens is 296 g/mol. The van der Waals surface area contributed by atoms with Crippen LogP contribution in [0.3, 0.4) is 0 Å². The van der Waals surface area contributed by atoms with Crippen LogP contribution in [0.1, 0.15) is 37.0 Å². The van der Waals surface area contributed by atoms with Crippen molar-refractivity contribution >= 4 is 17.2 Å². The van der Waals surface area contributed by atoms with E-state index in [2.05, 4.69) is 25.9 Å². The molecule has 0 bridgehead atoms. The Kier molecular flexibility index (Phi) is 4.71. The highest BCUT2D eigenvalue weighted by Crippen LogP contribution is 2.16. The normalized spacial score (nSPS) is 11.7. The Morgan fingerprint density at radius 1 is 1.43 bits per heavy atom. The number of nitrogens with one attached hydrogen (secondary N) is 2. The van der Waals surface area contributed by atoms with Crippen LogP contribution < -0.4 is 5.32 Å². The first kappa shape index (κ1) is 16.2. The molecule has 0 saturated carbocycles. The van der Waals surface area contributed by atoms with Gasteiger partial charge in [0.25, 0.3) is 0 Å². The minimum atomic E-state index is -0.562. The fourth-order valence-electron chi connectivity index (χ4n) is 1.65. The largest absolute Gasteiger partial charge is 0.456 e. The summed E-state index contributed by atoms with van der Waals surface area (Å²) in [6.07, 6.45) is 1.44. The number of carbonyl (C=O) groups is 1.